The van der Waals surface area contributed by atoms with Crippen LogP contribution < -0.4 is 34.0 Å². The zero-order valence-corrected chi connectivity index (χ0v) is 26.5. The SMILES string of the molecule is CCC1OC(OC2C(CO)OC(OC3C(O)C(NC(=O)C(O)C(O)CN)CC(N)C3OC3OC(CN)C=CC3N)C2O)C(N)C(O)C1O. The van der Waals surface area contributed by atoms with Crippen molar-refractivity contribution in [2.75, 3.05) is 19.7 Å². The van der Waals surface area contributed by atoms with E-state index in [1.807, 2.05) is 0 Å². The summed E-state index contributed by atoms with van der Waals surface area (Å²) < 4.78 is 35.4. The van der Waals surface area contributed by atoms with Gasteiger partial charge in [-0.25, -0.2) is 0 Å². The van der Waals surface area contributed by atoms with Crippen molar-refractivity contribution in [1.29, 1.82) is 0 Å². The van der Waals surface area contributed by atoms with Gasteiger partial charge in [-0.2, -0.15) is 0 Å². The largest absolute Gasteiger partial charge is 0.394 e. The van der Waals surface area contributed by atoms with Crippen LogP contribution in [0.2, 0.25) is 0 Å². The summed E-state index contributed by atoms with van der Waals surface area (Å²) in [5, 5.41) is 76.1. The molecule has 20 heteroatoms. The Kier molecular flexibility index (Phi) is 14.0. The van der Waals surface area contributed by atoms with Crippen molar-refractivity contribution in [2.24, 2.45) is 28.7 Å². The van der Waals surface area contributed by atoms with Crippen LogP contribution in [0.25, 0.3) is 0 Å². The average Bonchev–Trinajstić information content (AvgIpc) is 3.37. The smallest absolute Gasteiger partial charge is 0.251 e. The zero-order valence-electron chi connectivity index (χ0n) is 26.5. The van der Waals surface area contributed by atoms with E-state index in [1.165, 1.54) is 0 Å². The highest BCUT2D eigenvalue weighted by molar-refractivity contribution is 5.81. The lowest BCUT2D eigenvalue weighted by Crippen LogP contribution is -2.67. The van der Waals surface area contributed by atoms with E-state index in [2.05, 4.69) is 5.32 Å². The predicted octanol–water partition coefficient (Wildman–Crippen LogP) is -7.77. The Balaban J connectivity index is 1.56. The number of hydrogen-bond acceptors (Lipinski definition) is 19. The van der Waals surface area contributed by atoms with E-state index in [9.17, 15) is 40.5 Å². The lowest BCUT2D eigenvalue weighted by Gasteiger charge is -2.46. The Bertz CT molecular complexity index is 1070. The summed E-state index contributed by atoms with van der Waals surface area (Å²) in [7, 11) is 0. The van der Waals surface area contributed by atoms with E-state index in [0.29, 0.717) is 6.42 Å². The maximum absolute atomic E-state index is 12.7. The van der Waals surface area contributed by atoms with Crippen LogP contribution in [0.15, 0.2) is 12.2 Å². The van der Waals surface area contributed by atoms with Crippen LogP contribution in [0.1, 0.15) is 19.8 Å². The third kappa shape index (κ3) is 8.50. The monoisotopic (exact) mass is 696 g/mol. The molecule has 278 valence electrons. The van der Waals surface area contributed by atoms with Crippen LogP contribution in [0.4, 0.5) is 0 Å². The van der Waals surface area contributed by atoms with Gasteiger partial charge in [-0.15, -0.1) is 0 Å². The molecule has 2 saturated heterocycles. The van der Waals surface area contributed by atoms with Crippen molar-refractivity contribution >= 4 is 5.91 Å². The summed E-state index contributed by atoms with van der Waals surface area (Å²) >= 11 is 0. The van der Waals surface area contributed by atoms with Gasteiger partial charge in [-0.3, -0.25) is 4.79 Å². The lowest BCUT2D eigenvalue weighted by molar-refractivity contribution is -0.285. The fourth-order valence-corrected chi connectivity index (χ4v) is 6.20. The summed E-state index contributed by atoms with van der Waals surface area (Å²) in [6.07, 6.45) is -16.6. The number of rotatable bonds is 13. The number of carbonyl (C=O) groups is 1. The zero-order chi connectivity index (χ0) is 35.4. The first-order valence-electron chi connectivity index (χ1n) is 16.0. The molecular formula is C28H52N6O14. The molecule has 4 rings (SSSR count). The molecule has 19 atom stereocenters. The molecule has 0 radical (unpaired) electrons. The molecule has 1 amide bonds. The van der Waals surface area contributed by atoms with Crippen LogP contribution in [-0.2, 0) is 33.2 Å². The molecule has 0 aromatic heterocycles. The molecule has 3 aliphatic heterocycles. The van der Waals surface area contributed by atoms with E-state index in [4.69, 9.17) is 57.1 Å². The number of aliphatic hydroxyl groups is 7. The van der Waals surface area contributed by atoms with Crippen LogP contribution in [0.3, 0.4) is 0 Å². The van der Waals surface area contributed by atoms with Crippen molar-refractivity contribution < 1.29 is 69.0 Å². The normalized spacial score (nSPS) is 46.3. The average molecular weight is 697 g/mol. The second kappa shape index (κ2) is 17.1. The van der Waals surface area contributed by atoms with Gasteiger partial charge in [0.25, 0.3) is 5.91 Å². The highest BCUT2D eigenvalue weighted by Gasteiger charge is 2.54. The highest BCUT2D eigenvalue weighted by Crippen LogP contribution is 2.34. The summed E-state index contributed by atoms with van der Waals surface area (Å²) in [4.78, 5) is 12.7. The molecule has 1 aliphatic carbocycles. The molecule has 18 N–H and O–H groups in total. The van der Waals surface area contributed by atoms with Gasteiger partial charge in [-0.1, -0.05) is 19.1 Å². The summed E-state index contributed by atoms with van der Waals surface area (Å²) in [6, 6.07) is -4.14. The van der Waals surface area contributed by atoms with Crippen LogP contribution in [-0.4, -0.2) is 178 Å². The summed E-state index contributed by atoms with van der Waals surface area (Å²) in [5.41, 5.74) is 29.8. The fourth-order valence-electron chi connectivity index (χ4n) is 6.20. The van der Waals surface area contributed by atoms with Gasteiger partial charge in [0, 0.05) is 19.1 Å². The molecule has 48 heavy (non-hydrogen) atoms. The van der Waals surface area contributed by atoms with Crippen molar-refractivity contribution in [1.82, 2.24) is 5.32 Å². The number of hydrogen-bond donors (Lipinski definition) is 13. The van der Waals surface area contributed by atoms with E-state index in [1.54, 1.807) is 19.1 Å². The molecule has 0 spiro atoms. The van der Waals surface area contributed by atoms with E-state index in [-0.39, 0.29) is 13.0 Å². The van der Waals surface area contributed by atoms with Gasteiger partial charge < -0.3 is 98.2 Å². The Labute approximate surface area is 277 Å². The first kappa shape index (κ1) is 39.3. The second-order valence-corrected chi connectivity index (χ2v) is 12.5. The Morgan fingerprint density at radius 1 is 0.854 bits per heavy atom. The quantitative estimate of drug-likeness (QED) is 0.0795. The Morgan fingerprint density at radius 3 is 2.12 bits per heavy atom. The first-order chi connectivity index (χ1) is 22.8. The Morgan fingerprint density at radius 2 is 1.50 bits per heavy atom. The van der Waals surface area contributed by atoms with E-state index in [0.717, 1.165) is 0 Å². The molecule has 20 nitrogen and oxygen atoms in total. The van der Waals surface area contributed by atoms with Crippen molar-refractivity contribution in [3.8, 4) is 0 Å². The summed E-state index contributed by atoms with van der Waals surface area (Å²) in [5.74, 6) is -1.04. The number of aliphatic hydroxyl groups excluding tert-OH is 7. The van der Waals surface area contributed by atoms with Crippen LogP contribution >= 0.6 is 0 Å². The van der Waals surface area contributed by atoms with E-state index < -0.39 is 135 Å². The fraction of sp³-hybridized carbons (Fsp3) is 0.893. The minimum absolute atomic E-state index is 0.107. The van der Waals surface area contributed by atoms with Crippen molar-refractivity contribution in [3.05, 3.63) is 12.2 Å². The molecule has 1 saturated carbocycles. The first-order valence-corrected chi connectivity index (χ1v) is 16.0. The number of nitrogens with two attached hydrogens (primary N) is 5. The molecule has 0 bridgehead atoms. The maximum Gasteiger partial charge on any atom is 0.251 e. The number of amides is 1. The van der Waals surface area contributed by atoms with Gasteiger partial charge in [0.05, 0.1) is 36.9 Å². The third-order valence-corrected chi connectivity index (χ3v) is 9.12. The van der Waals surface area contributed by atoms with Gasteiger partial charge in [0.1, 0.15) is 54.9 Å². The minimum Gasteiger partial charge on any atom is -0.394 e. The predicted molar refractivity (Wildman–Crippen MR) is 162 cm³/mol. The lowest BCUT2D eigenvalue weighted by atomic mass is 9.83. The van der Waals surface area contributed by atoms with Gasteiger partial charge in [-0.05, 0) is 12.8 Å². The van der Waals surface area contributed by atoms with Crippen molar-refractivity contribution in [3.63, 3.8) is 0 Å². The van der Waals surface area contributed by atoms with E-state index >= 15 is 0 Å². The second-order valence-electron chi connectivity index (χ2n) is 12.5. The molecule has 0 aromatic rings. The van der Waals surface area contributed by atoms with Gasteiger partial charge in [0.2, 0.25) is 0 Å². The van der Waals surface area contributed by atoms with Gasteiger partial charge >= 0.3 is 0 Å². The van der Waals surface area contributed by atoms with Crippen LogP contribution in [0, 0.1) is 0 Å². The molecule has 4 aliphatic rings. The standard InChI is InChI=1S/C28H52N6O14/c1-2-14-19(39)20(40)16(33)27(44-14)47-23-15(8-35)45-28(21(23)41)48-24-17(37)12(34-25(42)18(38)13(36)7-30)5-11(32)22(24)46-26-10(31)4-3-9(6-29)43-26/h3-4,9-24,26-28,35-41H,2,5-8,29-33H2,1H3,(H,34,42). The van der Waals surface area contributed by atoms with Gasteiger partial charge in [0.15, 0.2) is 25.0 Å². The molecule has 3 heterocycles. The topological polar surface area (TPSA) is 356 Å². The number of nitrogens with one attached hydrogen (secondary N) is 1. The number of carbonyl (C=O) groups excluding carboxylic acids is 1. The molecule has 3 fully saturated rings. The highest BCUT2D eigenvalue weighted by atomic mass is 16.8. The third-order valence-electron chi connectivity index (χ3n) is 9.12. The summed E-state index contributed by atoms with van der Waals surface area (Å²) in [6.45, 7) is 0.749. The maximum atomic E-state index is 12.7. The number of ether oxygens (including phenoxy) is 6. The van der Waals surface area contributed by atoms with Crippen molar-refractivity contribution in [2.45, 2.75) is 136 Å². The minimum atomic E-state index is -1.91. The Hall–Kier alpha value is -1.51. The molecular weight excluding hydrogens is 644 g/mol. The molecule has 19 unspecified atom stereocenters. The molecule has 0 aromatic carbocycles. The van der Waals surface area contributed by atoms with Crippen LogP contribution in [0.5, 0.6) is 0 Å².